The smallest absolute Gasteiger partial charge is 0.0709 e. The molecule has 0 fully saturated rings. The molecule has 90 valence electrons. The minimum Gasteiger partial charge on any atom is -0.398 e. The summed E-state index contributed by atoms with van der Waals surface area (Å²) >= 11 is 0. The molecule has 0 bridgehead atoms. The molecule has 1 heterocycles. The van der Waals surface area contributed by atoms with Crippen molar-refractivity contribution in [3.8, 4) is 0 Å². The minimum atomic E-state index is -0.334. The Morgan fingerprint density at radius 1 is 1.35 bits per heavy atom. The van der Waals surface area contributed by atoms with Crippen molar-refractivity contribution in [2.75, 3.05) is 17.6 Å². The Morgan fingerprint density at radius 2 is 2.18 bits per heavy atom. The quantitative estimate of drug-likeness (QED) is 0.704. The van der Waals surface area contributed by atoms with Crippen molar-refractivity contribution in [3.05, 3.63) is 30.6 Å². The lowest BCUT2D eigenvalue weighted by Crippen LogP contribution is -2.18. The predicted molar refractivity (Wildman–Crippen MR) is 70.9 cm³/mol. The zero-order valence-electron chi connectivity index (χ0n) is 9.85. The van der Waals surface area contributed by atoms with Crippen LogP contribution in [0.15, 0.2) is 30.6 Å². The van der Waals surface area contributed by atoms with Crippen molar-refractivity contribution in [1.29, 1.82) is 0 Å². The van der Waals surface area contributed by atoms with E-state index in [0.717, 1.165) is 28.6 Å². The first-order chi connectivity index (χ1) is 8.22. The van der Waals surface area contributed by atoms with E-state index in [1.165, 1.54) is 0 Å². The average Bonchev–Trinajstić information content (AvgIpc) is 2.38. The van der Waals surface area contributed by atoms with Crippen LogP contribution in [-0.4, -0.2) is 22.7 Å². The number of aliphatic hydroxyl groups excluding tert-OH is 1. The highest BCUT2D eigenvalue weighted by Crippen LogP contribution is 2.27. The first-order valence-electron chi connectivity index (χ1n) is 5.76. The monoisotopic (exact) mass is 231 g/mol. The molecule has 17 heavy (non-hydrogen) atoms. The summed E-state index contributed by atoms with van der Waals surface area (Å²) in [6.07, 6.45) is 3.91. The summed E-state index contributed by atoms with van der Waals surface area (Å²) in [5, 5.41) is 14.7. The first-order valence-corrected chi connectivity index (χ1v) is 5.76. The summed E-state index contributed by atoms with van der Waals surface area (Å²) in [7, 11) is 0. The Bertz CT molecular complexity index is 513. The number of rotatable bonds is 4. The van der Waals surface area contributed by atoms with Crippen molar-refractivity contribution in [3.63, 3.8) is 0 Å². The molecule has 0 spiro atoms. The summed E-state index contributed by atoms with van der Waals surface area (Å²) < 4.78 is 0. The van der Waals surface area contributed by atoms with Gasteiger partial charge >= 0.3 is 0 Å². The second kappa shape index (κ2) is 5.01. The number of pyridine rings is 1. The van der Waals surface area contributed by atoms with E-state index in [4.69, 9.17) is 5.73 Å². The van der Waals surface area contributed by atoms with Crippen molar-refractivity contribution in [1.82, 2.24) is 4.98 Å². The lowest BCUT2D eigenvalue weighted by atomic mass is 10.1. The van der Waals surface area contributed by atoms with Gasteiger partial charge in [0.05, 0.1) is 6.10 Å². The summed E-state index contributed by atoms with van der Waals surface area (Å²) in [5.74, 6) is 0. The van der Waals surface area contributed by atoms with Crippen molar-refractivity contribution in [2.24, 2.45) is 0 Å². The van der Waals surface area contributed by atoms with Crippen LogP contribution in [0.4, 0.5) is 11.4 Å². The maximum absolute atomic E-state index is 9.54. The van der Waals surface area contributed by atoms with Crippen molar-refractivity contribution in [2.45, 2.75) is 19.4 Å². The van der Waals surface area contributed by atoms with Crippen LogP contribution < -0.4 is 11.1 Å². The van der Waals surface area contributed by atoms with Crippen LogP contribution in [0.25, 0.3) is 10.8 Å². The highest BCUT2D eigenvalue weighted by atomic mass is 16.3. The van der Waals surface area contributed by atoms with Gasteiger partial charge in [-0.25, -0.2) is 0 Å². The van der Waals surface area contributed by atoms with Gasteiger partial charge in [-0.3, -0.25) is 4.98 Å². The minimum absolute atomic E-state index is 0.334. The number of aliphatic hydroxyl groups is 1. The molecular formula is C13H17N3O. The number of nitrogens with one attached hydrogen (secondary N) is 1. The molecule has 4 N–H and O–H groups in total. The lowest BCUT2D eigenvalue weighted by molar-refractivity contribution is 0.183. The fourth-order valence-electron chi connectivity index (χ4n) is 1.74. The van der Waals surface area contributed by atoms with Crippen LogP contribution in [0, 0.1) is 0 Å². The Balaban J connectivity index is 2.32. The van der Waals surface area contributed by atoms with Gasteiger partial charge in [-0.2, -0.15) is 0 Å². The van der Waals surface area contributed by atoms with Gasteiger partial charge < -0.3 is 16.2 Å². The molecule has 0 aliphatic rings. The van der Waals surface area contributed by atoms with E-state index < -0.39 is 0 Å². The third-order valence-corrected chi connectivity index (χ3v) is 2.85. The molecule has 4 heteroatoms. The normalized spacial score (nSPS) is 12.6. The lowest BCUT2D eigenvalue weighted by Gasteiger charge is -2.13. The largest absolute Gasteiger partial charge is 0.398 e. The highest BCUT2D eigenvalue weighted by Gasteiger charge is 2.05. The van der Waals surface area contributed by atoms with Gasteiger partial charge in [0.2, 0.25) is 0 Å². The van der Waals surface area contributed by atoms with Gasteiger partial charge in [0.25, 0.3) is 0 Å². The molecular weight excluding hydrogens is 214 g/mol. The number of hydrogen-bond donors (Lipinski definition) is 3. The van der Waals surface area contributed by atoms with E-state index in [-0.39, 0.29) is 6.10 Å². The zero-order valence-corrected chi connectivity index (χ0v) is 9.85. The molecule has 2 rings (SSSR count). The van der Waals surface area contributed by atoms with Gasteiger partial charge in [0.15, 0.2) is 0 Å². The fourth-order valence-corrected chi connectivity index (χ4v) is 1.74. The number of nitrogens with zero attached hydrogens (tertiary/aromatic N) is 1. The molecule has 1 atom stereocenters. The summed E-state index contributed by atoms with van der Waals surface area (Å²) in [6.45, 7) is 2.49. The van der Waals surface area contributed by atoms with Gasteiger partial charge in [-0.15, -0.1) is 0 Å². The molecule has 0 radical (unpaired) electrons. The number of benzene rings is 1. The van der Waals surface area contributed by atoms with Crippen LogP contribution in [0.3, 0.4) is 0 Å². The third kappa shape index (κ3) is 2.47. The Kier molecular flexibility index (Phi) is 3.44. The first kappa shape index (κ1) is 11.7. The molecule has 2 aromatic rings. The van der Waals surface area contributed by atoms with Gasteiger partial charge in [0.1, 0.15) is 0 Å². The Hall–Kier alpha value is -1.81. The highest BCUT2D eigenvalue weighted by molar-refractivity contribution is 6.00. The van der Waals surface area contributed by atoms with Gasteiger partial charge in [-0.05, 0) is 24.6 Å². The molecule has 0 aliphatic carbocycles. The molecule has 0 saturated heterocycles. The average molecular weight is 231 g/mol. The molecule has 1 aromatic heterocycles. The number of aromatic nitrogens is 1. The van der Waals surface area contributed by atoms with E-state index in [9.17, 15) is 5.11 Å². The number of nitrogen functional groups attached to an aromatic ring is 1. The maximum atomic E-state index is 9.54. The number of fused-ring (bicyclic) bond motifs is 1. The second-order valence-corrected chi connectivity index (χ2v) is 4.07. The van der Waals surface area contributed by atoms with Crippen LogP contribution in [-0.2, 0) is 0 Å². The van der Waals surface area contributed by atoms with Gasteiger partial charge in [-0.1, -0.05) is 6.92 Å². The van der Waals surface area contributed by atoms with E-state index >= 15 is 0 Å². The number of nitrogens with two attached hydrogens (primary N) is 1. The summed E-state index contributed by atoms with van der Waals surface area (Å²) in [4.78, 5) is 4.10. The fraction of sp³-hybridized carbons (Fsp3) is 0.308. The maximum Gasteiger partial charge on any atom is 0.0709 e. The second-order valence-electron chi connectivity index (χ2n) is 4.07. The molecule has 0 amide bonds. The van der Waals surface area contributed by atoms with E-state index in [1.807, 2.05) is 25.1 Å². The molecule has 1 unspecified atom stereocenters. The standard InChI is InChI=1S/C13H17N3O/c1-2-9(17)7-16-13-4-3-12(14)10-5-6-15-8-11(10)13/h3-6,8-9,16-17H,2,7,14H2,1H3. The van der Waals surface area contributed by atoms with Crippen LogP contribution in [0.2, 0.25) is 0 Å². The SMILES string of the molecule is CCC(O)CNc1ccc(N)c2ccncc12. The predicted octanol–water partition coefficient (Wildman–Crippen LogP) is 2.00. The molecule has 4 nitrogen and oxygen atoms in total. The number of hydrogen-bond acceptors (Lipinski definition) is 4. The molecule has 0 aliphatic heterocycles. The Labute approximate surface area is 100 Å². The Morgan fingerprint density at radius 3 is 2.94 bits per heavy atom. The van der Waals surface area contributed by atoms with Crippen molar-refractivity contribution < 1.29 is 5.11 Å². The molecule has 1 aromatic carbocycles. The summed E-state index contributed by atoms with van der Waals surface area (Å²) in [6, 6.07) is 5.68. The van der Waals surface area contributed by atoms with Crippen LogP contribution in [0.1, 0.15) is 13.3 Å². The van der Waals surface area contributed by atoms with Crippen LogP contribution in [0.5, 0.6) is 0 Å². The van der Waals surface area contributed by atoms with E-state index in [0.29, 0.717) is 6.54 Å². The van der Waals surface area contributed by atoms with E-state index in [1.54, 1.807) is 12.4 Å². The summed E-state index contributed by atoms with van der Waals surface area (Å²) in [5.41, 5.74) is 7.60. The topological polar surface area (TPSA) is 71.2 Å². The number of anilines is 2. The van der Waals surface area contributed by atoms with Crippen molar-refractivity contribution >= 4 is 22.1 Å². The van der Waals surface area contributed by atoms with E-state index in [2.05, 4.69) is 10.3 Å². The zero-order chi connectivity index (χ0) is 12.3. The van der Waals surface area contributed by atoms with Gasteiger partial charge in [0, 0.05) is 41.1 Å². The molecule has 0 saturated carbocycles. The third-order valence-electron chi connectivity index (χ3n) is 2.85. The van der Waals surface area contributed by atoms with Crippen LogP contribution >= 0.6 is 0 Å².